The van der Waals surface area contributed by atoms with Crippen molar-refractivity contribution in [2.75, 3.05) is 85.1 Å². The molecule has 5 aliphatic rings. The van der Waals surface area contributed by atoms with Crippen molar-refractivity contribution in [2.45, 2.75) is 166 Å². The van der Waals surface area contributed by atoms with E-state index in [4.69, 9.17) is 4.74 Å². The van der Waals surface area contributed by atoms with Crippen molar-refractivity contribution in [1.82, 2.24) is 25.3 Å². The number of likely N-dealkylation sites (tertiary alicyclic amines) is 3. The van der Waals surface area contributed by atoms with Crippen LogP contribution in [0.3, 0.4) is 0 Å². The van der Waals surface area contributed by atoms with Crippen LogP contribution in [0, 0.1) is 11.3 Å². The molecule has 6 heteroatoms. The minimum atomic E-state index is 0.532. The largest absolute Gasteiger partial charge is 0.375 e. The van der Waals surface area contributed by atoms with Gasteiger partial charge in [-0.2, -0.15) is 0 Å². The Morgan fingerprint density at radius 2 is 0.891 bits per heavy atom. The summed E-state index contributed by atoms with van der Waals surface area (Å²) in [5.41, 5.74) is 0.716. The van der Waals surface area contributed by atoms with Gasteiger partial charge in [-0.1, -0.05) is 89.5 Å². The molecule has 5 heterocycles. The predicted molar refractivity (Wildman–Crippen MR) is 209 cm³/mol. The Kier molecular flexibility index (Phi) is 34.6. The summed E-state index contributed by atoms with van der Waals surface area (Å²) in [6.45, 7) is 41.3. The molecular formula is C40H89N5O. The lowest BCUT2D eigenvalue weighted by atomic mass is 9.71. The Morgan fingerprint density at radius 3 is 1.33 bits per heavy atom. The van der Waals surface area contributed by atoms with E-state index in [1.807, 2.05) is 55.4 Å². The van der Waals surface area contributed by atoms with Crippen molar-refractivity contribution in [1.29, 1.82) is 0 Å². The number of ether oxygens (including phenoxy) is 1. The van der Waals surface area contributed by atoms with Crippen LogP contribution >= 0.6 is 0 Å². The molecule has 2 N–H and O–H groups in total. The molecule has 46 heavy (non-hydrogen) atoms. The van der Waals surface area contributed by atoms with Crippen LogP contribution in [0.5, 0.6) is 0 Å². The van der Waals surface area contributed by atoms with Gasteiger partial charge in [0.1, 0.15) is 0 Å². The van der Waals surface area contributed by atoms with E-state index >= 15 is 0 Å². The Hall–Kier alpha value is -0.240. The van der Waals surface area contributed by atoms with Gasteiger partial charge in [0.2, 0.25) is 0 Å². The molecule has 0 radical (unpaired) electrons. The summed E-state index contributed by atoms with van der Waals surface area (Å²) in [5.74, 6) is 0.972. The molecule has 0 aromatic heterocycles. The predicted octanol–water partition coefficient (Wildman–Crippen LogP) is 8.94. The number of hydrogen-bond donors (Lipinski definition) is 2. The third kappa shape index (κ3) is 21.0. The molecule has 0 aliphatic carbocycles. The molecule has 1 spiro atoms. The standard InChI is InChI=1S/C17H33N3.C12H24N2O.C3H8.4C2H6/c1-2-19-11-3-16(4-12-19)15-20-13-7-17(8-14-20)5-9-18-10-6-17;1-2-14-9-5-12(6-10-14)15-11-3-7-13-8-4-11;1-3-2;4*1-2/h16,18H,2-15H2,1H3;11-13H,2-10H2,1H3;3H2,1-2H3;4*1-2H3. The lowest BCUT2D eigenvalue weighted by molar-refractivity contribution is -0.0524. The average Bonchev–Trinajstić information content (AvgIpc) is 3.15. The van der Waals surface area contributed by atoms with Gasteiger partial charge in [0, 0.05) is 19.6 Å². The van der Waals surface area contributed by atoms with Gasteiger partial charge in [0.15, 0.2) is 0 Å². The zero-order chi connectivity index (χ0) is 35.1. The summed E-state index contributed by atoms with van der Waals surface area (Å²) in [7, 11) is 0. The highest BCUT2D eigenvalue weighted by Gasteiger charge is 2.36. The normalized spacial score (nSPS) is 22.7. The molecule has 0 atom stereocenters. The molecule has 0 aromatic carbocycles. The van der Waals surface area contributed by atoms with E-state index in [2.05, 4.69) is 53.0 Å². The maximum atomic E-state index is 6.16. The van der Waals surface area contributed by atoms with Crippen LogP contribution in [0.2, 0.25) is 0 Å². The molecule has 0 bridgehead atoms. The maximum absolute atomic E-state index is 6.16. The number of rotatable bonds is 6. The fourth-order valence-corrected chi connectivity index (χ4v) is 7.08. The Bertz CT molecular complexity index is 568. The van der Waals surface area contributed by atoms with Crippen LogP contribution in [0.25, 0.3) is 0 Å². The highest BCUT2D eigenvalue weighted by molar-refractivity contribution is 4.90. The number of piperidine rings is 5. The van der Waals surface area contributed by atoms with Crippen LogP contribution in [-0.2, 0) is 4.74 Å². The lowest BCUT2D eigenvalue weighted by Gasteiger charge is -2.45. The fourth-order valence-electron chi connectivity index (χ4n) is 7.08. The summed E-state index contributed by atoms with van der Waals surface area (Å²) in [4.78, 5) is 7.90. The van der Waals surface area contributed by atoms with Gasteiger partial charge in [-0.25, -0.2) is 0 Å². The minimum Gasteiger partial charge on any atom is -0.375 e. The second kappa shape index (κ2) is 33.3. The molecule has 5 rings (SSSR count). The number of nitrogens with zero attached hydrogens (tertiary/aromatic N) is 3. The highest BCUT2D eigenvalue weighted by atomic mass is 16.5. The second-order valence-electron chi connectivity index (χ2n) is 12.9. The summed E-state index contributed by atoms with van der Waals surface area (Å²) in [6, 6.07) is 0. The molecule has 0 aromatic rings. The molecule has 0 saturated carbocycles. The van der Waals surface area contributed by atoms with Crippen LogP contribution in [0.1, 0.15) is 154 Å². The first-order valence-corrected chi connectivity index (χ1v) is 20.8. The summed E-state index contributed by atoms with van der Waals surface area (Å²) in [6.07, 6.45) is 15.8. The third-order valence-corrected chi connectivity index (χ3v) is 9.90. The zero-order valence-electron chi connectivity index (χ0n) is 34.0. The van der Waals surface area contributed by atoms with Crippen LogP contribution < -0.4 is 10.6 Å². The van der Waals surface area contributed by atoms with E-state index in [0.717, 1.165) is 19.0 Å². The van der Waals surface area contributed by atoms with E-state index in [-0.39, 0.29) is 0 Å². The quantitative estimate of drug-likeness (QED) is 0.298. The monoisotopic (exact) mass is 656 g/mol. The molecule has 0 unspecified atom stereocenters. The Labute approximate surface area is 291 Å². The SMILES string of the molecule is CC.CC.CC.CC.CCC.CCN1CCC(CN2CCC3(CCNCC3)CC2)CC1.CCN1CCC(OC2CCNCC2)CC1. The summed E-state index contributed by atoms with van der Waals surface area (Å²) in [5, 5.41) is 6.90. The third-order valence-electron chi connectivity index (χ3n) is 9.90. The Balaban J connectivity index is 0. The zero-order valence-corrected chi connectivity index (χ0v) is 34.0. The van der Waals surface area contributed by atoms with Crippen molar-refractivity contribution >= 4 is 0 Å². The fraction of sp³-hybridized carbons (Fsp3) is 1.00. The number of nitrogens with one attached hydrogen (secondary N) is 2. The van der Waals surface area contributed by atoms with Crippen molar-refractivity contribution in [3.63, 3.8) is 0 Å². The van der Waals surface area contributed by atoms with Gasteiger partial charge in [-0.15, -0.1) is 0 Å². The van der Waals surface area contributed by atoms with Gasteiger partial charge in [0.25, 0.3) is 0 Å². The van der Waals surface area contributed by atoms with Gasteiger partial charge in [-0.3, -0.25) is 0 Å². The molecular weight excluding hydrogens is 566 g/mol. The van der Waals surface area contributed by atoms with Crippen molar-refractivity contribution in [3.05, 3.63) is 0 Å². The molecule has 280 valence electrons. The van der Waals surface area contributed by atoms with Gasteiger partial charge >= 0.3 is 0 Å². The topological polar surface area (TPSA) is 43.0 Å². The van der Waals surface area contributed by atoms with Gasteiger partial charge < -0.3 is 30.1 Å². The summed E-state index contributed by atoms with van der Waals surface area (Å²) >= 11 is 0. The second-order valence-corrected chi connectivity index (χ2v) is 12.9. The first-order chi connectivity index (χ1) is 22.6. The smallest absolute Gasteiger partial charge is 0.0603 e. The average molecular weight is 656 g/mol. The van der Waals surface area contributed by atoms with Crippen LogP contribution in [-0.4, -0.2) is 112 Å². The molecule has 5 fully saturated rings. The maximum Gasteiger partial charge on any atom is 0.0603 e. The van der Waals surface area contributed by atoms with E-state index in [9.17, 15) is 0 Å². The lowest BCUT2D eigenvalue weighted by Crippen LogP contribution is -2.47. The van der Waals surface area contributed by atoms with Crippen LogP contribution in [0.15, 0.2) is 0 Å². The van der Waals surface area contributed by atoms with E-state index in [1.165, 1.54) is 143 Å². The minimum absolute atomic E-state index is 0.532. The van der Waals surface area contributed by atoms with E-state index in [1.54, 1.807) is 0 Å². The van der Waals surface area contributed by atoms with E-state index in [0.29, 0.717) is 17.6 Å². The molecule has 0 amide bonds. The molecule has 6 nitrogen and oxygen atoms in total. The Morgan fingerprint density at radius 1 is 0.500 bits per heavy atom. The number of hydrogen-bond acceptors (Lipinski definition) is 6. The van der Waals surface area contributed by atoms with Crippen LogP contribution in [0.4, 0.5) is 0 Å². The first kappa shape index (κ1) is 47.9. The molecule has 5 saturated heterocycles. The molecule has 5 aliphatic heterocycles. The highest BCUT2D eigenvalue weighted by Crippen LogP contribution is 2.39. The van der Waals surface area contributed by atoms with Crippen molar-refractivity contribution < 1.29 is 4.74 Å². The van der Waals surface area contributed by atoms with E-state index < -0.39 is 0 Å². The van der Waals surface area contributed by atoms with Crippen molar-refractivity contribution in [2.24, 2.45) is 11.3 Å². The first-order valence-electron chi connectivity index (χ1n) is 20.8. The van der Waals surface area contributed by atoms with Gasteiger partial charge in [0.05, 0.1) is 12.2 Å². The van der Waals surface area contributed by atoms with Gasteiger partial charge in [-0.05, 0) is 141 Å². The summed E-state index contributed by atoms with van der Waals surface area (Å²) < 4.78 is 6.16. The van der Waals surface area contributed by atoms with Crippen molar-refractivity contribution in [3.8, 4) is 0 Å².